The first kappa shape index (κ1) is 8.20. The monoisotopic (exact) mass is 182 g/mol. The summed E-state index contributed by atoms with van der Waals surface area (Å²) in [6.07, 6.45) is 3.92. The molecule has 2 N–H and O–H groups in total. The standard InChI is InChI=1S/C9H14N2S/c1-6-9(12-5-11-6)8(10)4-7-2-3-7/h5,7-8H,2-4,10H2,1H3. The summed E-state index contributed by atoms with van der Waals surface area (Å²) in [5.41, 5.74) is 9.06. The molecule has 1 unspecified atom stereocenters. The number of aromatic nitrogens is 1. The highest BCUT2D eigenvalue weighted by Crippen LogP contribution is 2.37. The number of hydrogen-bond acceptors (Lipinski definition) is 3. The van der Waals surface area contributed by atoms with Gasteiger partial charge in [0.15, 0.2) is 0 Å². The Kier molecular flexibility index (Phi) is 2.15. The summed E-state index contributed by atoms with van der Waals surface area (Å²) in [6, 6.07) is 0.241. The Balaban J connectivity index is 2.02. The van der Waals surface area contributed by atoms with E-state index in [1.807, 2.05) is 12.4 Å². The summed E-state index contributed by atoms with van der Waals surface area (Å²) in [5.74, 6) is 0.904. The van der Waals surface area contributed by atoms with Crippen molar-refractivity contribution in [2.24, 2.45) is 11.7 Å². The predicted molar refractivity (Wildman–Crippen MR) is 51.1 cm³/mol. The van der Waals surface area contributed by atoms with Crippen molar-refractivity contribution in [2.75, 3.05) is 0 Å². The van der Waals surface area contributed by atoms with Gasteiger partial charge in [-0.05, 0) is 19.3 Å². The topological polar surface area (TPSA) is 38.9 Å². The Bertz CT molecular complexity index is 265. The molecule has 0 radical (unpaired) electrons. The molecule has 0 bridgehead atoms. The van der Waals surface area contributed by atoms with Crippen LogP contribution in [0.3, 0.4) is 0 Å². The fraction of sp³-hybridized carbons (Fsp3) is 0.667. The van der Waals surface area contributed by atoms with Crippen molar-refractivity contribution < 1.29 is 0 Å². The van der Waals surface area contributed by atoms with Gasteiger partial charge in [-0.3, -0.25) is 0 Å². The van der Waals surface area contributed by atoms with Gasteiger partial charge in [0.25, 0.3) is 0 Å². The van der Waals surface area contributed by atoms with Crippen molar-refractivity contribution in [3.05, 3.63) is 16.1 Å². The van der Waals surface area contributed by atoms with Crippen molar-refractivity contribution in [3.63, 3.8) is 0 Å². The smallest absolute Gasteiger partial charge is 0.0798 e. The van der Waals surface area contributed by atoms with Crippen LogP contribution in [0.25, 0.3) is 0 Å². The van der Waals surface area contributed by atoms with Crippen molar-refractivity contribution in [1.29, 1.82) is 0 Å². The van der Waals surface area contributed by atoms with E-state index >= 15 is 0 Å². The van der Waals surface area contributed by atoms with E-state index in [9.17, 15) is 0 Å². The summed E-state index contributed by atoms with van der Waals surface area (Å²) in [5, 5.41) is 0. The third-order valence-corrected chi connectivity index (χ3v) is 3.47. The first-order valence-corrected chi connectivity index (χ1v) is 5.31. The van der Waals surface area contributed by atoms with E-state index in [2.05, 4.69) is 4.98 Å². The first-order valence-electron chi connectivity index (χ1n) is 4.43. The van der Waals surface area contributed by atoms with Crippen LogP contribution in [-0.2, 0) is 0 Å². The highest BCUT2D eigenvalue weighted by atomic mass is 32.1. The molecule has 12 heavy (non-hydrogen) atoms. The maximum Gasteiger partial charge on any atom is 0.0798 e. The van der Waals surface area contributed by atoms with Crippen LogP contribution in [0.5, 0.6) is 0 Å². The van der Waals surface area contributed by atoms with E-state index < -0.39 is 0 Å². The van der Waals surface area contributed by atoms with Gasteiger partial charge in [-0.1, -0.05) is 12.8 Å². The van der Waals surface area contributed by atoms with Gasteiger partial charge in [0.2, 0.25) is 0 Å². The lowest BCUT2D eigenvalue weighted by molar-refractivity contribution is 0.601. The molecule has 0 spiro atoms. The minimum absolute atomic E-state index is 0.241. The normalized spacial score (nSPS) is 19.5. The van der Waals surface area contributed by atoms with Crippen LogP contribution in [0.2, 0.25) is 0 Å². The summed E-state index contributed by atoms with van der Waals surface area (Å²) < 4.78 is 0. The quantitative estimate of drug-likeness (QED) is 0.778. The third kappa shape index (κ3) is 1.67. The second-order valence-electron chi connectivity index (χ2n) is 3.59. The van der Waals surface area contributed by atoms with Crippen LogP contribution < -0.4 is 5.73 Å². The molecule has 1 aliphatic carbocycles. The molecule has 1 heterocycles. The second-order valence-corrected chi connectivity index (χ2v) is 4.47. The largest absolute Gasteiger partial charge is 0.323 e. The minimum atomic E-state index is 0.241. The van der Waals surface area contributed by atoms with E-state index in [1.54, 1.807) is 11.3 Å². The van der Waals surface area contributed by atoms with Gasteiger partial charge in [-0.25, -0.2) is 4.98 Å². The van der Waals surface area contributed by atoms with Gasteiger partial charge in [-0.15, -0.1) is 11.3 Å². The maximum atomic E-state index is 6.05. The summed E-state index contributed by atoms with van der Waals surface area (Å²) in [6.45, 7) is 2.04. The Morgan fingerprint density at radius 3 is 3.00 bits per heavy atom. The zero-order valence-electron chi connectivity index (χ0n) is 7.29. The van der Waals surface area contributed by atoms with Crippen LogP contribution in [0.1, 0.15) is 35.9 Å². The Labute approximate surface area is 76.8 Å². The van der Waals surface area contributed by atoms with E-state index in [0.29, 0.717) is 0 Å². The average Bonchev–Trinajstić information content (AvgIpc) is 2.72. The minimum Gasteiger partial charge on any atom is -0.323 e. The molecule has 0 saturated heterocycles. The lowest BCUT2D eigenvalue weighted by atomic mass is 10.1. The highest BCUT2D eigenvalue weighted by molar-refractivity contribution is 7.09. The molecule has 66 valence electrons. The van der Waals surface area contributed by atoms with Crippen molar-refractivity contribution in [1.82, 2.24) is 4.98 Å². The molecule has 0 amide bonds. The van der Waals surface area contributed by atoms with Crippen LogP contribution in [0.4, 0.5) is 0 Å². The summed E-state index contributed by atoms with van der Waals surface area (Å²) >= 11 is 1.69. The fourth-order valence-electron chi connectivity index (χ4n) is 1.49. The van der Waals surface area contributed by atoms with Crippen molar-refractivity contribution in [2.45, 2.75) is 32.2 Å². The maximum absolute atomic E-state index is 6.05. The number of nitrogens with two attached hydrogens (primary N) is 1. The Hall–Kier alpha value is -0.410. The molecule has 1 aromatic rings. The predicted octanol–water partition coefficient (Wildman–Crippen LogP) is 2.25. The molecule has 0 aromatic carbocycles. The third-order valence-electron chi connectivity index (χ3n) is 2.40. The Morgan fingerprint density at radius 2 is 2.50 bits per heavy atom. The van der Waals surface area contributed by atoms with Crippen LogP contribution in [-0.4, -0.2) is 4.98 Å². The highest BCUT2D eigenvalue weighted by Gasteiger charge is 2.25. The number of rotatable bonds is 3. The van der Waals surface area contributed by atoms with Gasteiger partial charge < -0.3 is 5.73 Å². The molecule has 1 aliphatic rings. The number of thiazole rings is 1. The van der Waals surface area contributed by atoms with Crippen molar-refractivity contribution >= 4 is 11.3 Å². The number of hydrogen-bond donors (Lipinski definition) is 1. The van der Waals surface area contributed by atoms with Crippen molar-refractivity contribution in [3.8, 4) is 0 Å². The molecule has 1 saturated carbocycles. The van der Waals surface area contributed by atoms with Crippen LogP contribution >= 0.6 is 11.3 Å². The Morgan fingerprint density at radius 1 is 1.75 bits per heavy atom. The molecule has 2 rings (SSSR count). The lowest BCUT2D eigenvalue weighted by Crippen LogP contribution is -2.10. The van der Waals surface area contributed by atoms with Gasteiger partial charge >= 0.3 is 0 Å². The van der Waals surface area contributed by atoms with Crippen LogP contribution in [0, 0.1) is 12.8 Å². The molecule has 1 fully saturated rings. The van der Waals surface area contributed by atoms with E-state index in [0.717, 1.165) is 18.0 Å². The van der Waals surface area contributed by atoms with E-state index in [4.69, 9.17) is 5.73 Å². The van der Waals surface area contributed by atoms with Gasteiger partial charge in [-0.2, -0.15) is 0 Å². The molecule has 0 aliphatic heterocycles. The molecular formula is C9H14N2S. The summed E-state index contributed by atoms with van der Waals surface area (Å²) in [7, 11) is 0. The molecular weight excluding hydrogens is 168 g/mol. The fourth-order valence-corrected chi connectivity index (χ4v) is 2.31. The van der Waals surface area contributed by atoms with Gasteiger partial charge in [0.1, 0.15) is 0 Å². The summed E-state index contributed by atoms with van der Waals surface area (Å²) in [4.78, 5) is 5.48. The SMILES string of the molecule is Cc1ncsc1C(N)CC1CC1. The van der Waals surface area contributed by atoms with Gasteiger partial charge in [0, 0.05) is 10.9 Å². The lowest BCUT2D eigenvalue weighted by Gasteiger charge is -2.08. The molecule has 1 aromatic heterocycles. The van der Waals surface area contributed by atoms with Gasteiger partial charge in [0.05, 0.1) is 11.2 Å². The van der Waals surface area contributed by atoms with E-state index in [-0.39, 0.29) is 6.04 Å². The van der Waals surface area contributed by atoms with Crippen LogP contribution in [0.15, 0.2) is 5.51 Å². The number of aryl methyl sites for hydroxylation is 1. The molecule has 2 nitrogen and oxygen atoms in total. The zero-order chi connectivity index (χ0) is 8.55. The van der Waals surface area contributed by atoms with E-state index in [1.165, 1.54) is 17.7 Å². The number of nitrogens with zero attached hydrogens (tertiary/aromatic N) is 1. The average molecular weight is 182 g/mol. The zero-order valence-corrected chi connectivity index (χ0v) is 8.10. The molecule has 3 heteroatoms. The molecule has 1 atom stereocenters. The first-order chi connectivity index (χ1) is 5.77. The second kappa shape index (κ2) is 3.15.